The normalized spacial score (nSPS) is 15.9. The maximum absolute atomic E-state index is 12.6. The van der Waals surface area contributed by atoms with Crippen LogP contribution < -0.4 is 33.8 Å². The van der Waals surface area contributed by atoms with Crippen LogP contribution in [0.4, 0.5) is 0 Å². The van der Waals surface area contributed by atoms with Crippen molar-refractivity contribution < 1.29 is 37.9 Å². The third-order valence-electron chi connectivity index (χ3n) is 7.67. The van der Waals surface area contributed by atoms with E-state index in [4.69, 9.17) is 32.8 Å². The molecule has 2 atom stereocenters. The quantitative estimate of drug-likeness (QED) is 0.249. The molecule has 4 aromatic carbocycles. The van der Waals surface area contributed by atoms with Gasteiger partial charge < -0.3 is 37.9 Å². The van der Waals surface area contributed by atoms with Gasteiger partial charge in [-0.15, -0.1) is 0 Å². The molecule has 2 aliphatic rings. The van der Waals surface area contributed by atoms with Crippen LogP contribution in [0.5, 0.6) is 40.2 Å². The molecule has 2 unspecified atom stereocenters. The first-order valence-electron chi connectivity index (χ1n) is 13.6. The van der Waals surface area contributed by atoms with Gasteiger partial charge in [0.25, 0.3) is 0 Å². The summed E-state index contributed by atoms with van der Waals surface area (Å²) in [5.41, 5.74) is 3.45. The average Bonchev–Trinajstić information content (AvgIpc) is 3.43. The Morgan fingerprint density at radius 1 is 0.744 bits per heavy atom. The minimum atomic E-state index is -0.190. The van der Waals surface area contributed by atoms with E-state index in [2.05, 4.69) is 6.07 Å². The zero-order valence-electron chi connectivity index (χ0n) is 24.1. The molecule has 0 radical (unpaired) electrons. The van der Waals surface area contributed by atoms with Crippen LogP contribution >= 0.6 is 0 Å². The number of benzene rings is 4. The molecule has 9 nitrogen and oxygen atoms in total. The molecule has 0 fully saturated rings. The standard InChI is InChI=1S/C17H14O5.C17H16O4/c1-20-11-5-3-10(4-6-11)13-9-22-16-12(15(13)19)7-8-14(18)17(16)21-2;1-18-10-4-6-13-15(7-10)20-9-14-12-5-3-11(19-2)8-16(12)21-17(13)14/h3-9,18H,1-2H3;3-8,14,17H,9H2,1-2H3. The third kappa shape index (κ3) is 5.03. The molecule has 0 saturated heterocycles. The highest BCUT2D eigenvalue weighted by molar-refractivity contribution is 5.88. The van der Waals surface area contributed by atoms with Crippen molar-refractivity contribution in [3.8, 4) is 51.4 Å². The summed E-state index contributed by atoms with van der Waals surface area (Å²) in [5.74, 6) is 4.35. The zero-order valence-corrected chi connectivity index (χ0v) is 24.1. The second-order valence-electron chi connectivity index (χ2n) is 9.97. The van der Waals surface area contributed by atoms with Crippen molar-refractivity contribution in [1.29, 1.82) is 0 Å². The number of methoxy groups -OCH3 is 4. The largest absolute Gasteiger partial charge is 0.504 e. The Hall–Kier alpha value is -5.31. The summed E-state index contributed by atoms with van der Waals surface area (Å²) >= 11 is 0. The highest BCUT2D eigenvalue weighted by Crippen LogP contribution is 2.52. The lowest BCUT2D eigenvalue weighted by Gasteiger charge is -2.28. The van der Waals surface area contributed by atoms with Gasteiger partial charge in [-0.2, -0.15) is 0 Å². The second-order valence-corrected chi connectivity index (χ2v) is 9.97. The van der Waals surface area contributed by atoms with Gasteiger partial charge in [0.1, 0.15) is 41.1 Å². The van der Waals surface area contributed by atoms with Crippen LogP contribution in [-0.4, -0.2) is 40.2 Å². The smallest absolute Gasteiger partial charge is 0.204 e. The predicted octanol–water partition coefficient (Wildman–Crippen LogP) is 6.50. The van der Waals surface area contributed by atoms with E-state index >= 15 is 0 Å². The van der Waals surface area contributed by atoms with Crippen LogP contribution in [0.25, 0.3) is 22.1 Å². The molecule has 2 aliphatic heterocycles. The highest BCUT2D eigenvalue weighted by atomic mass is 16.5. The molecule has 0 bridgehead atoms. The second kappa shape index (κ2) is 11.5. The first-order valence-corrected chi connectivity index (χ1v) is 13.6. The first-order chi connectivity index (χ1) is 20.9. The minimum absolute atomic E-state index is 0.00163. The summed E-state index contributed by atoms with van der Waals surface area (Å²) in [4.78, 5) is 12.6. The fourth-order valence-corrected chi connectivity index (χ4v) is 5.40. The molecular weight excluding hydrogens is 552 g/mol. The van der Waals surface area contributed by atoms with Crippen molar-refractivity contribution >= 4 is 11.0 Å². The molecule has 0 saturated carbocycles. The van der Waals surface area contributed by atoms with Crippen molar-refractivity contribution in [3.05, 3.63) is 100 Å². The molecule has 5 aromatic rings. The maximum atomic E-state index is 12.6. The maximum Gasteiger partial charge on any atom is 0.204 e. The lowest BCUT2D eigenvalue weighted by Crippen LogP contribution is -2.23. The summed E-state index contributed by atoms with van der Waals surface area (Å²) in [6.45, 7) is 0.615. The SMILES string of the molecule is COc1ccc(-c2coc3c(OC)c(O)ccc3c2=O)cc1.COc1ccc2c(c1)OC1c3ccc(OC)cc3OCC21. The van der Waals surface area contributed by atoms with Crippen LogP contribution in [0.1, 0.15) is 23.1 Å². The average molecular weight is 583 g/mol. The molecule has 9 heteroatoms. The molecule has 1 N–H and O–H groups in total. The fraction of sp³-hybridized carbons (Fsp3) is 0.206. The number of fused-ring (bicyclic) bond motifs is 6. The van der Waals surface area contributed by atoms with Gasteiger partial charge in [0, 0.05) is 23.3 Å². The predicted molar refractivity (Wildman–Crippen MR) is 160 cm³/mol. The van der Waals surface area contributed by atoms with Gasteiger partial charge in [-0.1, -0.05) is 18.2 Å². The molecule has 0 spiro atoms. The summed E-state index contributed by atoms with van der Waals surface area (Å²) < 4.78 is 38.3. The van der Waals surface area contributed by atoms with Crippen LogP contribution in [0.15, 0.2) is 88.3 Å². The van der Waals surface area contributed by atoms with Gasteiger partial charge in [0.2, 0.25) is 11.2 Å². The number of hydrogen-bond donors (Lipinski definition) is 1. The van der Waals surface area contributed by atoms with Gasteiger partial charge in [-0.25, -0.2) is 0 Å². The highest BCUT2D eigenvalue weighted by Gasteiger charge is 2.40. The Bertz CT molecular complexity index is 1840. The summed E-state index contributed by atoms with van der Waals surface area (Å²) in [6, 6.07) is 21.9. The third-order valence-corrected chi connectivity index (χ3v) is 7.67. The molecule has 43 heavy (non-hydrogen) atoms. The number of aromatic hydroxyl groups is 1. The van der Waals surface area contributed by atoms with Gasteiger partial charge >= 0.3 is 0 Å². The van der Waals surface area contributed by atoms with E-state index in [1.807, 2.05) is 30.3 Å². The number of rotatable bonds is 5. The number of phenols is 1. The van der Waals surface area contributed by atoms with E-state index in [9.17, 15) is 9.90 Å². The lowest BCUT2D eigenvalue weighted by atomic mass is 9.89. The first kappa shape index (κ1) is 27.8. The van der Waals surface area contributed by atoms with E-state index in [1.165, 1.54) is 31.1 Å². The topological polar surface area (TPSA) is 106 Å². The Kier molecular flexibility index (Phi) is 7.46. The van der Waals surface area contributed by atoms with Gasteiger partial charge in [-0.3, -0.25) is 4.79 Å². The van der Waals surface area contributed by atoms with Gasteiger partial charge in [0.15, 0.2) is 11.3 Å². The van der Waals surface area contributed by atoms with E-state index in [1.54, 1.807) is 45.6 Å². The fourth-order valence-electron chi connectivity index (χ4n) is 5.40. The van der Waals surface area contributed by atoms with Crippen LogP contribution in [-0.2, 0) is 0 Å². The van der Waals surface area contributed by atoms with E-state index < -0.39 is 0 Å². The Balaban J connectivity index is 0.000000153. The Morgan fingerprint density at radius 2 is 1.40 bits per heavy atom. The zero-order chi connectivity index (χ0) is 30.1. The Labute approximate surface area is 247 Å². The minimum Gasteiger partial charge on any atom is -0.504 e. The van der Waals surface area contributed by atoms with Crippen molar-refractivity contribution in [2.45, 2.75) is 12.0 Å². The molecule has 0 aliphatic carbocycles. The van der Waals surface area contributed by atoms with Crippen molar-refractivity contribution in [2.75, 3.05) is 35.0 Å². The molecule has 0 amide bonds. The van der Waals surface area contributed by atoms with Crippen molar-refractivity contribution in [2.24, 2.45) is 0 Å². The van der Waals surface area contributed by atoms with Crippen molar-refractivity contribution in [1.82, 2.24) is 0 Å². The molecular formula is C34H30O9. The molecule has 1 aromatic heterocycles. The Morgan fingerprint density at radius 3 is 2.07 bits per heavy atom. The summed E-state index contributed by atoms with van der Waals surface area (Å²) in [6.07, 6.45) is 1.37. The number of hydrogen-bond acceptors (Lipinski definition) is 9. The molecule has 3 heterocycles. The van der Waals surface area contributed by atoms with Crippen LogP contribution in [0.3, 0.4) is 0 Å². The van der Waals surface area contributed by atoms with E-state index in [0.717, 1.165) is 34.1 Å². The number of ether oxygens (including phenoxy) is 6. The summed E-state index contributed by atoms with van der Waals surface area (Å²) in [7, 11) is 6.31. The van der Waals surface area contributed by atoms with Gasteiger partial charge in [0.05, 0.1) is 51.9 Å². The van der Waals surface area contributed by atoms with E-state index in [-0.39, 0.29) is 34.5 Å². The molecule has 220 valence electrons. The van der Waals surface area contributed by atoms with Crippen molar-refractivity contribution in [3.63, 3.8) is 0 Å². The number of phenolic OH excluding ortho intramolecular Hbond substituents is 1. The van der Waals surface area contributed by atoms with Crippen LogP contribution in [0, 0.1) is 0 Å². The monoisotopic (exact) mass is 582 g/mol. The summed E-state index contributed by atoms with van der Waals surface area (Å²) in [5, 5.41) is 10.1. The lowest BCUT2D eigenvalue weighted by molar-refractivity contribution is 0.139. The van der Waals surface area contributed by atoms with Gasteiger partial charge in [-0.05, 0) is 48.0 Å². The van der Waals surface area contributed by atoms with E-state index in [0.29, 0.717) is 23.3 Å². The van der Waals surface area contributed by atoms with Crippen LogP contribution in [0.2, 0.25) is 0 Å². The molecule has 7 rings (SSSR count).